The fraction of sp³-hybridized carbons (Fsp3) is 0.231. The number of rotatable bonds is 4. The molecule has 0 aliphatic rings. The predicted molar refractivity (Wildman–Crippen MR) is 69.9 cm³/mol. The van der Waals surface area contributed by atoms with Gasteiger partial charge in [-0.05, 0) is 24.6 Å². The second-order valence-corrected chi connectivity index (χ2v) is 4.69. The van der Waals surface area contributed by atoms with Crippen molar-refractivity contribution in [2.24, 2.45) is 0 Å². The van der Waals surface area contributed by atoms with Crippen LogP contribution < -0.4 is 5.32 Å². The fourth-order valence-electron chi connectivity index (χ4n) is 1.57. The first-order valence-electron chi connectivity index (χ1n) is 5.41. The summed E-state index contributed by atoms with van der Waals surface area (Å²) in [6.07, 6.45) is 2.27. The Balaban J connectivity index is 2.02. The summed E-state index contributed by atoms with van der Waals surface area (Å²) in [5, 5.41) is 15.0. The molecule has 0 aliphatic heterocycles. The van der Waals surface area contributed by atoms with E-state index in [1.165, 1.54) is 0 Å². The van der Waals surface area contributed by atoms with Gasteiger partial charge in [-0.15, -0.1) is 11.3 Å². The standard InChI is InChI=1S/C13H13N3S/c1-10(13-15-8-9-17-13)16-12-4-2-11(3-5-12)6-7-14/h2-5,8-10,16H,6H2,1H3. The lowest BCUT2D eigenvalue weighted by atomic mass is 10.1. The molecule has 86 valence electrons. The highest BCUT2D eigenvalue weighted by Crippen LogP contribution is 2.21. The van der Waals surface area contributed by atoms with Crippen LogP contribution >= 0.6 is 11.3 Å². The SMILES string of the molecule is CC(Nc1ccc(CC#N)cc1)c1nccs1. The van der Waals surface area contributed by atoms with Crippen molar-refractivity contribution in [1.29, 1.82) is 5.26 Å². The minimum atomic E-state index is 0.205. The van der Waals surface area contributed by atoms with Crippen LogP contribution in [0.5, 0.6) is 0 Å². The van der Waals surface area contributed by atoms with E-state index in [1.807, 2.05) is 35.8 Å². The van der Waals surface area contributed by atoms with Gasteiger partial charge in [0.05, 0.1) is 18.5 Å². The first kappa shape index (κ1) is 11.6. The molecule has 0 bridgehead atoms. The minimum absolute atomic E-state index is 0.205. The Morgan fingerprint density at radius 1 is 1.41 bits per heavy atom. The van der Waals surface area contributed by atoms with Gasteiger partial charge in [0.25, 0.3) is 0 Å². The molecule has 1 atom stereocenters. The molecule has 1 heterocycles. The molecular formula is C13H13N3S. The maximum atomic E-state index is 8.59. The molecule has 17 heavy (non-hydrogen) atoms. The summed E-state index contributed by atoms with van der Waals surface area (Å²) in [7, 11) is 0. The van der Waals surface area contributed by atoms with Crippen LogP contribution in [-0.4, -0.2) is 4.98 Å². The molecule has 0 radical (unpaired) electrons. The molecule has 0 fully saturated rings. The van der Waals surface area contributed by atoms with E-state index in [0.29, 0.717) is 6.42 Å². The molecular weight excluding hydrogens is 230 g/mol. The van der Waals surface area contributed by atoms with Gasteiger partial charge in [-0.1, -0.05) is 12.1 Å². The van der Waals surface area contributed by atoms with Gasteiger partial charge in [-0.25, -0.2) is 4.98 Å². The number of anilines is 1. The van der Waals surface area contributed by atoms with Crippen LogP contribution in [0.25, 0.3) is 0 Å². The first-order chi connectivity index (χ1) is 8.29. The van der Waals surface area contributed by atoms with E-state index in [1.54, 1.807) is 11.3 Å². The molecule has 0 saturated heterocycles. The Kier molecular flexibility index (Phi) is 3.73. The molecule has 3 nitrogen and oxygen atoms in total. The van der Waals surface area contributed by atoms with E-state index in [4.69, 9.17) is 5.26 Å². The van der Waals surface area contributed by atoms with Gasteiger partial charge in [0, 0.05) is 17.3 Å². The lowest BCUT2D eigenvalue weighted by molar-refractivity contribution is 0.869. The summed E-state index contributed by atoms with van der Waals surface area (Å²) in [5.41, 5.74) is 2.09. The van der Waals surface area contributed by atoms with Crippen molar-refractivity contribution >= 4 is 17.0 Å². The van der Waals surface area contributed by atoms with Crippen molar-refractivity contribution in [3.05, 3.63) is 46.4 Å². The van der Waals surface area contributed by atoms with E-state index in [9.17, 15) is 0 Å². The van der Waals surface area contributed by atoms with Crippen LogP contribution in [0.3, 0.4) is 0 Å². The van der Waals surface area contributed by atoms with Crippen LogP contribution in [0.2, 0.25) is 0 Å². The molecule has 1 N–H and O–H groups in total. The van der Waals surface area contributed by atoms with E-state index in [-0.39, 0.29) is 6.04 Å². The number of aromatic nitrogens is 1. The number of nitrogens with zero attached hydrogens (tertiary/aromatic N) is 2. The molecule has 0 aliphatic carbocycles. The van der Waals surface area contributed by atoms with E-state index >= 15 is 0 Å². The Bertz CT molecular complexity index is 496. The zero-order valence-corrected chi connectivity index (χ0v) is 10.4. The quantitative estimate of drug-likeness (QED) is 0.895. The smallest absolute Gasteiger partial charge is 0.115 e. The third kappa shape index (κ3) is 3.05. The number of nitrogens with one attached hydrogen (secondary N) is 1. The third-order valence-corrected chi connectivity index (χ3v) is 3.40. The van der Waals surface area contributed by atoms with Crippen LogP contribution in [0.15, 0.2) is 35.8 Å². The van der Waals surface area contributed by atoms with Crippen molar-refractivity contribution in [3.8, 4) is 6.07 Å². The predicted octanol–water partition coefficient (Wildman–Crippen LogP) is 3.38. The summed E-state index contributed by atoms with van der Waals surface area (Å²) >= 11 is 1.64. The molecule has 0 saturated carbocycles. The van der Waals surface area contributed by atoms with Crippen LogP contribution in [0.1, 0.15) is 23.5 Å². The first-order valence-corrected chi connectivity index (χ1v) is 6.29. The van der Waals surface area contributed by atoms with E-state index < -0.39 is 0 Å². The van der Waals surface area contributed by atoms with Crippen molar-refractivity contribution in [1.82, 2.24) is 4.98 Å². The molecule has 1 aromatic carbocycles. The largest absolute Gasteiger partial charge is 0.376 e. The highest BCUT2D eigenvalue weighted by molar-refractivity contribution is 7.09. The molecule has 2 rings (SSSR count). The van der Waals surface area contributed by atoms with Gasteiger partial charge >= 0.3 is 0 Å². The summed E-state index contributed by atoms with van der Waals surface area (Å²) in [6, 6.07) is 10.3. The third-order valence-electron chi connectivity index (χ3n) is 2.44. The lowest BCUT2D eigenvalue weighted by Gasteiger charge is -2.12. The Morgan fingerprint density at radius 3 is 2.76 bits per heavy atom. The average molecular weight is 243 g/mol. The summed E-state index contributed by atoms with van der Waals surface area (Å²) in [4.78, 5) is 4.27. The zero-order valence-electron chi connectivity index (χ0n) is 9.55. The van der Waals surface area contributed by atoms with Crippen molar-refractivity contribution < 1.29 is 0 Å². The lowest BCUT2D eigenvalue weighted by Crippen LogP contribution is -2.05. The Labute approximate surface area is 105 Å². The van der Waals surface area contributed by atoms with Gasteiger partial charge in [0.2, 0.25) is 0 Å². The molecule has 1 aromatic heterocycles. The maximum absolute atomic E-state index is 8.59. The van der Waals surface area contributed by atoms with Gasteiger partial charge in [0.15, 0.2) is 0 Å². The molecule has 1 unspecified atom stereocenters. The van der Waals surface area contributed by atoms with Gasteiger partial charge in [0.1, 0.15) is 5.01 Å². The number of benzene rings is 1. The van der Waals surface area contributed by atoms with Crippen molar-refractivity contribution in [3.63, 3.8) is 0 Å². The number of hydrogen-bond acceptors (Lipinski definition) is 4. The highest BCUT2D eigenvalue weighted by atomic mass is 32.1. The van der Waals surface area contributed by atoms with Crippen LogP contribution in [0.4, 0.5) is 5.69 Å². The maximum Gasteiger partial charge on any atom is 0.115 e. The van der Waals surface area contributed by atoms with E-state index in [0.717, 1.165) is 16.3 Å². The second kappa shape index (κ2) is 5.46. The highest BCUT2D eigenvalue weighted by Gasteiger charge is 2.07. The number of thiazole rings is 1. The minimum Gasteiger partial charge on any atom is -0.376 e. The molecule has 0 amide bonds. The summed E-state index contributed by atoms with van der Waals surface area (Å²) in [5.74, 6) is 0. The summed E-state index contributed by atoms with van der Waals surface area (Å²) in [6.45, 7) is 2.09. The van der Waals surface area contributed by atoms with Gasteiger partial charge in [-0.3, -0.25) is 0 Å². The zero-order chi connectivity index (χ0) is 12.1. The number of hydrogen-bond donors (Lipinski definition) is 1. The average Bonchev–Trinajstić information content (AvgIpc) is 2.86. The fourth-order valence-corrected chi connectivity index (χ4v) is 2.22. The second-order valence-electron chi connectivity index (χ2n) is 3.77. The molecule has 0 spiro atoms. The van der Waals surface area contributed by atoms with Crippen molar-refractivity contribution in [2.75, 3.05) is 5.32 Å². The van der Waals surface area contributed by atoms with Gasteiger partial charge < -0.3 is 5.32 Å². The van der Waals surface area contributed by atoms with Crippen LogP contribution in [0, 0.1) is 11.3 Å². The van der Waals surface area contributed by atoms with Crippen molar-refractivity contribution in [2.45, 2.75) is 19.4 Å². The van der Waals surface area contributed by atoms with Gasteiger partial charge in [-0.2, -0.15) is 5.26 Å². The number of nitriles is 1. The molecule has 4 heteroatoms. The summed E-state index contributed by atoms with van der Waals surface area (Å²) < 4.78 is 0. The normalized spacial score (nSPS) is 11.8. The topological polar surface area (TPSA) is 48.7 Å². The monoisotopic (exact) mass is 243 g/mol. The molecule has 2 aromatic rings. The van der Waals surface area contributed by atoms with E-state index in [2.05, 4.69) is 23.3 Å². The van der Waals surface area contributed by atoms with Crippen LogP contribution in [-0.2, 0) is 6.42 Å². The Hall–Kier alpha value is -1.86. The Morgan fingerprint density at radius 2 is 2.18 bits per heavy atom.